The van der Waals surface area contributed by atoms with E-state index < -0.39 is 12.0 Å². The van der Waals surface area contributed by atoms with Gasteiger partial charge in [0.2, 0.25) is 0 Å². The molecule has 0 radical (unpaired) electrons. The molecule has 1 heterocycles. The Hall–Kier alpha value is -3.51. The number of carbonyl (C=O) groups is 1. The Morgan fingerprint density at radius 3 is 2.35 bits per heavy atom. The third-order valence-corrected chi connectivity index (χ3v) is 6.32. The molecule has 0 bridgehead atoms. The maximum atomic E-state index is 12.2. The van der Waals surface area contributed by atoms with Crippen molar-refractivity contribution < 1.29 is 24.1 Å². The van der Waals surface area contributed by atoms with Crippen LogP contribution in [0.25, 0.3) is 0 Å². The highest BCUT2D eigenvalue weighted by atomic mass is 16.5. The summed E-state index contributed by atoms with van der Waals surface area (Å²) in [4.78, 5) is 14.3. The van der Waals surface area contributed by atoms with Gasteiger partial charge < -0.3 is 19.3 Å². The number of ether oxygens (including phenoxy) is 3. The smallest absolute Gasteiger partial charge is 0.320 e. The van der Waals surface area contributed by atoms with Crippen LogP contribution in [0.15, 0.2) is 72.8 Å². The second-order valence-corrected chi connectivity index (χ2v) is 8.41. The van der Waals surface area contributed by atoms with Gasteiger partial charge in [-0.2, -0.15) is 0 Å². The molecule has 1 N–H and O–H groups in total. The Morgan fingerprint density at radius 2 is 1.68 bits per heavy atom. The monoisotopic (exact) mass is 461 g/mol. The van der Waals surface area contributed by atoms with E-state index in [4.69, 9.17) is 14.2 Å². The first-order valence-electron chi connectivity index (χ1n) is 11.6. The first kappa shape index (κ1) is 23.6. The Morgan fingerprint density at radius 1 is 0.971 bits per heavy atom. The van der Waals surface area contributed by atoms with E-state index in [1.807, 2.05) is 72.8 Å². The van der Waals surface area contributed by atoms with Crippen molar-refractivity contribution in [3.63, 3.8) is 0 Å². The lowest BCUT2D eigenvalue weighted by Gasteiger charge is -2.40. The fraction of sp³-hybridized carbons (Fsp3) is 0.321. The number of rotatable bonds is 9. The van der Waals surface area contributed by atoms with Crippen molar-refractivity contribution in [1.82, 2.24) is 4.90 Å². The summed E-state index contributed by atoms with van der Waals surface area (Å²) < 4.78 is 17.6. The lowest BCUT2D eigenvalue weighted by molar-refractivity contribution is -0.145. The number of aliphatic carboxylic acids is 1. The number of carboxylic acid groups (broad SMARTS) is 1. The van der Waals surface area contributed by atoms with Gasteiger partial charge in [0, 0.05) is 0 Å². The molecule has 1 aliphatic heterocycles. The third kappa shape index (κ3) is 5.18. The van der Waals surface area contributed by atoms with Crippen molar-refractivity contribution in [3.8, 4) is 17.2 Å². The van der Waals surface area contributed by atoms with Gasteiger partial charge >= 0.3 is 5.97 Å². The molecule has 178 valence electrons. The molecule has 1 aliphatic rings. The van der Waals surface area contributed by atoms with Crippen LogP contribution < -0.4 is 14.2 Å². The first-order chi connectivity index (χ1) is 16.6. The second kappa shape index (κ2) is 11.1. The number of methoxy groups -OCH3 is 2. The summed E-state index contributed by atoms with van der Waals surface area (Å²) in [6.07, 6.45) is 2.43. The summed E-state index contributed by atoms with van der Waals surface area (Å²) >= 11 is 0. The summed E-state index contributed by atoms with van der Waals surface area (Å²) in [5.41, 5.74) is 2.83. The molecule has 0 saturated carbocycles. The second-order valence-electron chi connectivity index (χ2n) is 8.41. The number of piperidine rings is 1. The van der Waals surface area contributed by atoms with E-state index in [0.29, 0.717) is 31.1 Å². The van der Waals surface area contributed by atoms with E-state index in [1.54, 1.807) is 14.2 Å². The number of benzene rings is 3. The van der Waals surface area contributed by atoms with Crippen molar-refractivity contribution in [2.24, 2.45) is 0 Å². The predicted molar refractivity (Wildman–Crippen MR) is 131 cm³/mol. The number of carboxylic acids is 1. The quantitative estimate of drug-likeness (QED) is 0.466. The SMILES string of the molecule is COc1cccc(OC)c1C(c1cccc(OCc2ccccc2)c1)N1CCCCC1C(=O)O. The largest absolute Gasteiger partial charge is 0.496 e. The normalized spacial score (nSPS) is 17.1. The molecule has 2 atom stereocenters. The summed E-state index contributed by atoms with van der Waals surface area (Å²) in [7, 11) is 3.25. The fourth-order valence-electron chi connectivity index (χ4n) is 4.72. The van der Waals surface area contributed by atoms with Crippen molar-refractivity contribution in [1.29, 1.82) is 0 Å². The molecule has 4 rings (SSSR count). The molecule has 34 heavy (non-hydrogen) atoms. The van der Waals surface area contributed by atoms with Crippen molar-refractivity contribution in [3.05, 3.63) is 89.5 Å². The summed E-state index contributed by atoms with van der Waals surface area (Å²) in [6.45, 7) is 1.12. The molecule has 0 spiro atoms. The molecule has 1 saturated heterocycles. The van der Waals surface area contributed by atoms with Crippen LogP contribution in [0.1, 0.15) is 42.0 Å². The van der Waals surface area contributed by atoms with Crippen LogP contribution in [-0.2, 0) is 11.4 Å². The molecule has 6 nitrogen and oxygen atoms in total. The number of hydrogen-bond donors (Lipinski definition) is 1. The van der Waals surface area contributed by atoms with Gasteiger partial charge in [0.15, 0.2) is 0 Å². The highest BCUT2D eigenvalue weighted by Crippen LogP contribution is 2.43. The van der Waals surface area contributed by atoms with Gasteiger partial charge in [0.1, 0.15) is 29.9 Å². The Kier molecular flexibility index (Phi) is 7.70. The number of likely N-dealkylation sites (tertiary alicyclic amines) is 1. The van der Waals surface area contributed by atoms with Crippen molar-refractivity contribution in [2.75, 3.05) is 20.8 Å². The standard InChI is InChI=1S/C28H31NO5/c1-32-24-15-9-16-25(33-2)26(24)27(29-17-7-6-14-23(29)28(30)31)21-12-8-13-22(18-21)34-19-20-10-4-3-5-11-20/h3-5,8-13,15-16,18,23,27H,6-7,14,17,19H2,1-2H3,(H,30,31). The van der Waals surface area contributed by atoms with Crippen LogP contribution in [0.4, 0.5) is 0 Å². The topological polar surface area (TPSA) is 68.2 Å². The number of hydrogen-bond acceptors (Lipinski definition) is 5. The lowest BCUT2D eigenvalue weighted by Crippen LogP contribution is -2.47. The minimum Gasteiger partial charge on any atom is -0.496 e. The molecule has 2 unspecified atom stereocenters. The lowest BCUT2D eigenvalue weighted by atomic mass is 9.90. The van der Waals surface area contributed by atoms with Gasteiger partial charge in [-0.05, 0) is 54.8 Å². The van der Waals surface area contributed by atoms with Crippen molar-refractivity contribution >= 4 is 5.97 Å². The summed E-state index contributed by atoms with van der Waals surface area (Å²) in [5.74, 6) is 1.24. The van der Waals surface area contributed by atoms with E-state index in [2.05, 4.69) is 4.90 Å². The minimum absolute atomic E-state index is 0.368. The van der Waals surface area contributed by atoms with E-state index >= 15 is 0 Å². The van der Waals surface area contributed by atoms with E-state index in [-0.39, 0.29) is 6.04 Å². The van der Waals surface area contributed by atoms with Crippen LogP contribution in [0.2, 0.25) is 0 Å². The van der Waals surface area contributed by atoms with Crippen LogP contribution in [-0.4, -0.2) is 42.8 Å². The molecule has 3 aromatic carbocycles. The van der Waals surface area contributed by atoms with Gasteiger partial charge in [-0.15, -0.1) is 0 Å². The Balaban J connectivity index is 1.77. The van der Waals surface area contributed by atoms with Gasteiger partial charge in [-0.3, -0.25) is 9.69 Å². The minimum atomic E-state index is -0.810. The van der Waals surface area contributed by atoms with Crippen LogP contribution in [0.5, 0.6) is 17.2 Å². The van der Waals surface area contributed by atoms with Gasteiger partial charge in [-0.1, -0.05) is 55.0 Å². The van der Waals surface area contributed by atoms with Gasteiger partial charge in [0.25, 0.3) is 0 Å². The molecule has 6 heteroatoms. The highest BCUT2D eigenvalue weighted by molar-refractivity contribution is 5.74. The number of nitrogens with zero attached hydrogens (tertiary/aromatic N) is 1. The van der Waals surface area contributed by atoms with Gasteiger partial charge in [0.05, 0.1) is 25.8 Å². The highest BCUT2D eigenvalue weighted by Gasteiger charge is 2.37. The van der Waals surface area contributed by atoms with E-state index in [1.165, 1.54) is 0 Å². The summed E-state index contributed by atoms with van der Waals surface area (Å²) in [5, 5.41) is 10.0. The average molecular weight is 462 g/mol. The molecule has 1 fully saturated rings. The van der Waals surface area contributed by atoms with Crippen LogP contribution in [0.3, 0.4) is 0 Å². The molecule has 0 amide bonds. The fourth-order valence-corrected chi connectivity index (χ4v) is 4.72. The summed E-state index contributed by atoms with van der Waals surface area (Å²) in [6, 6.07) is 22.6. The molecule has 3 aromatic rings. The van der Waals surface area contributed by atoms with Crippen LogP contribution >= 0.6 is 0 Å². The molecule has 0 aromatic heterocycles. The van der Waals surface area contributed by atoms with E-state index in [0.717, 1.165) is 35.3 Å². The third-order valence-electron chi connectivity index (χ3n) is 6.32. The average Bonchev–Trinajstić information content (AvgIpc) is 2.89. The molecular formula is C28H31NO5. The Labute approximate surface area is 200 Å². The molecule has 0 aliphatic carbocycles. The Bertz CT molecular complexity index is 1080. The zero-order valence-electron chi connectivity index (χ0n) is 19.6. The van der Waals surface area contributed by atoms with Crippen LogP contribution in [0, 0.1) is 0 Å². The van der Waals surface area contributed by atoms with Gasteiger partial charge in [-0.25, -0.2) is 0 Å². The zero-order valence-corrected chi connectivity index (χ0v) is 19.6. The maximum absolute atomic E-state index is 12.2. The predicted octanol–water partition coefficient (Wildman–Crippen LogP) is 5.31. The maximum Gasteiger partial charge on any atom is 0.320 e. The zero-order chi connectivity index (χ0) is 23.9. The van der Waals surface area contributed by atoms with E-state index in [9.17, 15) is 9.90 Å². The first-order valence-corrected chi connectivity index (χ1v) is 11.6. The van der Waals surface area contributed by atoms with Crippen molar-refractivity contribution in [2.45, 2.75) is 38.0 Å². The molecular weight excluding hydrogens is 430 g/mol.